The molecule has 13 nitrogen and oxygen atoms in total. The summed E-state index contributed by atoms with van der Waals surface area (Å²) in [7, 11) is -3.93. The summed E-state index contributed by atoms with van der Waals surface area (Å²) in [5.41, 5.74) is 5.28. The van der Waals surface area contributed by atoms with Crippen molar-refractivity contribution in [2.24, 2.45) is 5.16 Å². The van der Waals surface area contributed by atoms with Crippen LogP contribution in [0.2, 0.25) is 0 Å². The molecular weight excluding hydrogens is 427 g/mol. The van der Waals surface area contributed by atoms with Gasteiger partial charge in [-0.05, 0) is 0 Å². The second kappa shape index (κ2) is 9.62. The number of oxime groups is 1. The van der Waals surface area contributed by atoms with Crippen LogP contribution in [0.4, 0.5) is 5.13 Å². The Bertz CT molecular complexity index is 902. The van der Waals surface area contributed by atoms with Crippen LogP contribution in [-0.2, 0) is 29.5 Å². The number of hydrogen-bond donors (Lipinski definition) is 3. The summed E-state index contributed by atoms with van der Waals surface area (Å²) >= 11 is 1.04. The van der Waals surface area contributed by atoms with Gasteiger partial charge < -0.3 is 25.8 Å². The number of nitrogens with two attached hydrogens (primary N) is 1. The molecule has 1 saturated heterocycles. The summed E-state index contributed by atoms with van der Waals surface area (Å²) in [6, 6.07) is -2.65. The Morgan fingerprint density at radius 2 is 2.14 bits per heavy atom. The van der Waals surface area contributed by atoms with Crippen molar-refractivity contribution in [2.45, 2.75) is 19.0 Å². The van der Waals surface area contributed by atoms with Crippen molar-refractivity contribution in [1.82, 2.24) is 19.9 Å². The molecule has 2 rings (SSSR count). The van der Waals surface area contributed by atoms with Gasteiger partial charge in [-0.1, -0.05) is 5.16 Å². The van der Waals surface area contributed by atoms with E-state index in [4.69, 9.17) is 5.73 Å². The molecule has 4 N–H and O–H groups in total. The minimum atomic E-state index is -5.11. The van der Waals surface area contributed by atoms with Gasteiger partial charge in [0, 0.05) is 18.8 Å². The third-order valence-corrected chi connectivity index (χ3v) is 5.03. The summed E-state index contributed by atoms with van der Waals surface area (Å²) in [6.45, 7) is 0.813. The number of amides is 3. The molecule has 148 valence electrons. The van der Waals surface area contributed by atoms with E-state index in [1.165, 1.54) is 19.4 Å². The van der Waals surface area contributed by atoms with E-state index in [-0.39, 0.29) is 56.9 Å². The number of nitrogen functional groups attached to an aromatic ring is 1. The second-order valence-electron chi connectivity index (χ2n) is 5.24. The van der Waals surface area contributed by atoms with Crippen LogP contribution in [0.15, 0.2) is 10.5 Å². The minimum absolute atomic E-state index is 0. The van der Waals surface area contributed by atoms with E-state index < -0.39 is 40.1 Å². The Hall–Kier alpha value is -1.78. The van der Waals surface area contributed by atoms with Crippen LogP contribution in [0.5, 0.6) is 0 Å². The molecule has 0 aliphatic carbocycles. The molecule has 1 aliphatic rings. The van der Waals surface area contributed by atoms with E-state index in [9.17, 15) is 27.4 Å². The molecule has 0 aromatic carbocycles. The Labute approximate surface area is 185 Å². The third-order valence-electron chi connectivity index (χ3n) is 3.42. The largest absolute Gasteiger partial charge is 1.00 e. The van der Waals surface area contributed by atoms with Crippen LogP contribution < -0.4 is 45.9 Å². The first-order valence-electron chi connectivity index (χ1n) is 7.23. The quantitative estimate of drug-likeness (QED) is 0.121. The smallest absolute Gasteiger partial charge is 0.731 e. The number of thiazole rings is 1. The van der Waals surface area contributed by atoms with Gasteiger partial charge in [-0.2, -0.15) is 0 Å². The van der Waals surface area contributed by atoms with Crippen LogP contribution in [0.1, 0.15) is 12.6 Å². The first-order chi connectivity index (χ1) is 12.6. The molecule has 2 heterocycles. The van der Waals surface area contributed by atoms with E-state index in [0.29, 0.717) is 0 Å². The zero-order chi connectivity index (χ0) is 20.4. The minimum Gasteiger partial charge on any atom is -0.731 e. The van der Waals surface area contributed by atoms with Crippen molar-refractivity contribution in [3.05, 3.63) is 11.1 Å². The van der Waals surface area contributed by atoms with Gasteiger partial charge in [0.15, 0.2) is 21.1 Å². The number of rotatable bonds is 7. The molecule has 3 amide bonds. The van der Waals surface area contributed by atoms with Crippen molar-refractivity contribution in [3.63, 3.8) is 0 Å². The fraction of sp³-hybridized carbons (Fsp3) is 0.417. The molecule has 0 spiro atoms. The number of β-lactam (4-membered cyclic amide) rings is 1. The molecule has 1 aromatic heterocycles. The summed E-state index contributed by atoms with van der Waals surface area (Å²) in [5, 5.41) is 9.68. The maximum Gasteiger partial charge on any atom is 1.00 e. The Kier molecular flexibility index (Phi) is 8.33. The molecule has 1 aromatic rings. The van der Waals surface area contributed by atoms with Crippen LogP contribution in [-0.4, -0.2) is 71.4 Å². The molecule has 0 radical (unpaired) electrons. The van der Waals surface area contributed by atoms with Crippen molar-refractivity contribution < 1.29 is 61.7 Å². The Morgan fingerprint density at radius 3 is 2.61 bits per heavy atom. The fourth-order valence-electron chi connectivity index (χ4n) is 2.30. The topological polar surface area (TPSA) is 196 Å². The maximum absolute atomic E-state index is 12.4. The van der Waals surface area contributed by atoms with Crippen molar-refractivity contribution >= 4 is 50.2 Å². The van der Waals surface area contributed by atoms with Crippen LogP contribution in [0.25, 0.3) is 0 Å². The number of hydrogen-bond acceptors (Lipinski definition) is 11. The van der Waals surface area contributed by atoms with Crippen molar-refractivity contribution in [1.29, 1.82) is 0 Å². The first-order valence-corrected chi connectivity index (χ1v) is 9.47. The van der Waals surface area contributed by atoms with Crippen LogP contribution >= 0.6 is 11.3 Å². The summed E-state index contributed by atoms with van der Waals surface area (Å²) < 4.78 is 33.7. The van der Waals surface area contributed by atoms with Gasteiger partial charge in [-0.3, -0.25) is 14.4 Å². The van der Waals surface area contributed by atoms with Gasteiger partial charge >= 0.3 is 29.6 Å². The fourth-order valence-corrected chi connectivity index (χ4v) is 3.71. The molecule has 16 heteroatoms. The van der Waals surface area contributed by atoms with Crippen molar-refractivity contribution in [2.75, 3.05) is 19.4 Å². The van der Waals surface area contributed by atoms with Crippen molar-refractivity contribution in [3.8, 4) is 0 Å². The number of anilines is 1. The Morgan fingerprint density at radius 1 is 1.50 bits per heavy atom. The van der Waals surface area contributed by atoms with E-state index >= 15 is 0 Å². The molecule has 1 fully saturated rings. The van der Waals surface area contributed by atoms with E-state index in [1.54, 1.807) is 0 Å². The SMILES string of the molecule is CON=C(C(=O)NC1C(=O)N(S(=O)(=O)[O-])C1CNC(C)=O)c1csc(N)n1.[Na+]. The number of aromatic nitrogens is 1. The van der Waals surface area contributed by atoms with Gasteiger partial charge in [-0.15, -0.1) is 11.3 Å². The number of nitrogens with one attached hydrogen (secondary N) is 2. The average Bonchev–Trinajstić information content (AvgIpc) is 2.98. The van der Waals surface area contributed by atoms with E-state index in [0.717, 1.165) is 11.3 Å². The molecule has 0 saturated carbocycles. The number of carbonyl (C=O) groups is 3. The number of carbonyl (C=O) groups excluding carboxylic acids is 3. The molecule has 0 bridgehead atoms. The molecule has 2 atom stereocenters. The molecule has 1 aliphatic heterocycles. The normalized spacial score (nSPS) is 19.3. The van der Waals surface area contributed by atoms with Crippen LogP contribution in [0, 0.1) is 0 Å². The van der Waals surface area contributed by atoms with Gasteiger partial charge in [0.25, 0.3) is 11.8 Å². The summed E-state index contributed by atoms with van der Waals surface area (Å²) in [6.07, 6.45) is 0. The average molecular weight is 442 g/mol. The maximum atomic E-state index is 12.4. The standard InChI is InChI=1S/C12H16N6O7S2.Na/c1-5(19)14-3-7-9(11(21)18(7)27(22,23)24)16-10(20)8(17-25-2)6-4-26-12(13)15-6;/h4,7,9H,3H2,1-2H3,(H2,13,15)(H,14,19)(H,16,20)(H,22,23,24);/q;+1/p-1. The summed E-state index contributed by atoms with van der Waals surface area (Å²) in [4.78, 5) is 44.0. The van der Waals surface area contributed by atoms with Gasteiger partial charge in [0.1, 0.15) is 18.8 Å². The van der Waals surface area contributed by atoms with Gasteiger partial charge in [-0.25, -0.2) is 17.7 Å². The monoisotopic (exact) mass is 442 g/mol. The van der Waals surface area contributed by atoms with Crippen LogP contribution in [0.3, 0.4) is 0 Å². The zero-order valence-corrected chi connectivity index (χ0v) is 18.7. The predicted octanol–water partition coefficient (Wildman–Crippen LogP) is -5.63. The van der Waals surface area contributed by atoms with Gasteiger partial charge in [0.05, 0.1) is 6.04 Å². The first kappa shape index (κ1) is 24.3. The Balaban J connectivity index is 0.00000392. The van der Waals surface area contributed by atoms with E-state index in [1.807, 2.05) is 0 Å². The molecular formula is C12H15N6NaO7S2. The zero-order valence-electron chi connectivity index (χ0n) is 15.0. The summed E-state index contributed by atoms with van der Waals surface area (Å²) in [5.74, 6) is -2.55. The number of nitrogens with zero attached hydrogens (tertiary/aromatic N) is 3. The molecule has 2 unspecified atom stereocenters. The third kappa shape index (κ3) is 5.39. The van der Waals surface area contributed by atoms with E-state index in [2.05, 4.69) is 25.6 Å². The predicted molar refractivity (Wildman–Crippen MR) is 91.0 cm³/mol. The van der Waals surface area contributed by atoms with Gasteiger partial charge in [0.2, 0.25) is 5.91 Å². The second-order valence-corrected chi connectivity index (χ2v) is 7.38. The molecule has 28 heavy (non-hydrogen) atoms.